The third kappa shape index (κ3) is 1.00. The summed E-state index contributed by atoms with van der Waals surface area (Å²) >= 11 is 0. The van der Waals surface area contributed by atoms with Crippen LogP contribution in [0, 0.1) is 17.3 Å². The van der Waals surface area contributed by atoms with E-state index in [0.29, 0.717) is 5.92 Å². The zero-order valence-corrected chi connectivity index (χ0v) is 9.75. The largest absolute Gasteiger partial charge is 0.504 e. The minimum Gasteiger partial charge on any atom is -0.504 e. The van der Waals surface area contributed by atoms with Crippen LogP contribution in [0.5, 0.6) is 0 Å². The Kier molecular flexibility index (Phi) is 1.90. The first-order valence-electron chi connectivity index (χ1n) is 6.21. The lowest BCUT2D eigenvalue weighted by molar-refractivity contribution is -0.123. The zero-order chi connectivity index (χ0) is 11.5. The summed E-state index contributed by atoms with van der Waals surface area (Å²) in [6.45, 7) is 6.27. The van der Waals surface area contributed by atoms with Gasteiger partial charge in [-0.1, -0.05) is 19.1 Å². The molecule has 2 nitrogen and oxygen atoms in total. The smallest absolute Gasteiger partial charge is 0.204 e. The van der Waals surface area contributed by atoms with Crippen LogP contribution in [0.4, 0.5) is 0 Å². The fraction of sp³-hybridized carbons (Fsp3) is 0.643. The number of aliphatic hydroxyl groups is 1. The SMILES string of the molecule is C=C1CC[C@@]23C[C@@H]1C(=O)C(O)=C2CC[C@H]3C. The maximum atomic E-state index is 12.0. The summed E-state index contributed by atoms with van der Waals surface area (Å²) in [5.74, 6) is 0.525. The highest BCUT2D eigenvalue weighted by Crippen LogP contribution is 2.61. The van der Waals surface area contributed by atoms with E-state index < -0.39 is 0 Å². The first kappa shape index (κ1) is 10.1. The quantitative estimate of drug-likeness (QED) is 0.634. The van der Waals surface area contributed by atoms with Crippen LogP contribution in [-0.2, 0) is 4.79 Å². The van der Waals surface area contributed by atoms with Crippen LogP contribution < -0.4 is 0 Å². The molecule has 0 aliphatic heterocycles. The van der Waals surface area contributed by atoms with Gasteiger partial charge in [-0.15, -0.1) is 0 Å². The Hall–Kier alpha value is -1.05. The van der Waals surface area contributed by atoms with Crippen molar-refractivity contribution in [1.29, 1.82) is 0 Å². The van der Waals surface area contributed by atoms with Crippen LogP contribution in [-0.4, -0.2) is 10.9 Å². The highest BCUT2D eigenvalue weighted by Gasteiger charge is 2.54. The number of hydrogen-bond acceptors (Lipinski definition) is 2. The zero-order valence-electron chi connectivity index (χ0n) is 9.75. The van der Waals surface area contributed by atoms with Gasteiger partial charge in [-0.25, -0.2) is 0 Å². The van der Waals surface area contributed by atoms with Gasteiger partial charge in [0.15, 0.2) is 5.76 Å². The number of carbonyl (C=O) groups is 1. The minimum atomic E-state index is -0.0990. The lowest BCUT2D eigenvalue weighted by Gasteiger charge is -2.46. The van der Waals surface area contributed by atoms with E-state index in [0.717, 1.165) is 43.3 Å². The number of rotatable bonds is 0. The van der Waals surface area contributed by atoms with Crippen LogP contribution in [0.15, 0.2) is 23.5 Å². The molecule has 3 rings (SSSR count). The van der Waals surface area contributed by atoms with E-state index in [1.165, 1.54) is 0 Å². The Balaban J connectivity index is 2.17. The number of ketones is 1. The molecular weight excluding hydrogens is 200 g/mol. The molecule has 2 fully saturated rings. The van der Waals surface area contributed by atoms with E-state index in [-0.39, 0.29) is 22.9 Å². The van der Waals surface area contributed by atoms with Crippen molar-refractivity contribution in [1.82, 2.24) is 0 Å². The summed E-state index contributed by atoms with van der Waals surface area (Å²) in [6, 6.07) is 0. The summed E-state index contributed by atoms with van der Waals surface area (Å²) in [6.07, 6.45) is 4.97. The number of hydrogen-bond donors (Lipinski definition) is 1. The average molecular weight is 218 g/mol. The first-order chi connectivity index (χ1) is 7.56. The summed E-state index contributed by atoms with van der Waals surface area (Å²) in [5.41, 5.74) is 2.22. The predicted molar refractivity (Wildman–Crippen MR) is 62.0 cm³/mol. The molecule has 3 aliphatic carbocycles. The highest BCUT2D eigenvalue weighted by molar-refractivity contribution is 5.99. The van der Waals surface area contributed by atoms with Gasteiger partial charge >= 0.3 is 0 Å². The molecule has 16 heavy (non-hydrogen) atoms. The molecule has 0 radical (unpaired) electrons. The predicted octanol–water partition coefficient (Wildman–Crippen LogP) is 3.15. The third-order valence-electron chi connectivity index (χ3n) is 5.16. The van der Waals surface area contributed by atoms with Crippen molar-refractivity contribution in [3.63, 3.8) is 0 Å². The minimum absolute atomic E-state index is 0.0653. The number of aliphatic hydroxyl groups excluding tert-OH is 1. The fourth-order valence-corrected chi connectivity index (χ4v) is 4.02. The Labute approximate surface area is 96.0 Å². The van der Waals surface area contributed by atoms with Gasteiger partial charge in [0.2, 0.25) is 5.78 Å². The van der Waals surface area contributed by atoms with E-state index in [2.05, 4.69) is 13.5 Å². The van der Waals surface area contributed by atoms with Gasteiger partial charge in [0.25, 0.3) is 0 Å². The molecule has 0 amide bonds. The Morgan fingerprint density at radius 2 is 2.19 bits per heavy atom. The van der Waals surface area contributed by atoms with Gasteiger partial charge in [-0.2, -0.15) is 0 Å². The van der Waals surface area contributed by atoms with E-state index in [1.807, 2.05) is 0 Å². The molecule has 86 valence electrons. The summed E-state index contributed by atoms with van der Waals surface area (Å²) in [7, 11) is 0. The lowest BCUT2D eigenvalue weighted by atomic mass is 9.57. The normalized spacial score (nSPS) is 42.6. The topological polar surface area (TPSA) is 37.3 Å². The van der Waals surface area contributed by atoms with Crippen LogP contribution in [0.2, 0.25) is 0 Å². The molecule has 3 atom stereocenters. The molecule has 3 aliphatic rings. The molecule has 1 spiro atoms. The molecule has 2 saturated carbocycles. The Morgan fingerprint density at radius 3 is 2.94 bits per heavy atom. The van der Waals surface area contributed by atoms with Gasteiger partial charge in [0.1, 0.15) is 0 Å². The molecule has 0 aromatic rings. The second-order valence-electron chi connectivity index (χ2n) is 5.70. The molecule has 0 aromatic carbocycles. The van der Waals surface area contributed by atoms with Crippen molar-refractivity contribution in [3.05, 3.63) is 23.5 Å². The fourth-order valence-electron chi connectivity index (χ4n) is 4.02. The van der Waals surface area contributed by atoms with Crippen molar-refractivity contribution < 1.29 is 9.90 Å². The molecule has 0 unspecified atom stereocenters. The van der Waals surface area contributed by atoms with Crippen molar-refractivity contribution >= 4 is 5.78 Å². The van der Waals surface area contributed by atoms with Crippen molar-refractivity contribution in [2.75, 3.05) is 0 Å². The van der Waals surface area contributed by atoms with Gasteiger partial charge < -0.3 is 5.11 Å². The molecule has 0 saturated heterocycles. The third-order valence-corrected chi connectivity index (χ3v) is 5.16. The van der Waals surface area contributed by atoms with Gasteiger partial charge in [-0.3, -0.25) is 4.79 Å². The van der Waals surface area contributed by atoms with Gasteiger partial charge in [0, 0.05) is 5.92 Å². The monoisotopic (exact) mass is 218 g/mol. The maximum absolute atomic E-state index is 12.0. The van der Waals surface area contributed by atoms with E-state index in [9.17, 15) is 9.90 Å². The number of allylic oxidation sites excluding steroid dienone is 3. The second kappa shape index (κ2) is 2.99. The standard InChI is InChI=1S/C14H18O2/c1-8-5-6-14-7-10(8)12(15)13(16)11(14)4-3-9(14)2/h9-10,16H,1,3-7H2,2H3/t9-,10+,14+/m1/s1. The first-order valence-corrected chi connectivity index (χ1v) is 6.21. The van der Waals surface area contributed by atoms with Crippen molar-refractivity contribution in [2.45, 2.75) is 39.0 Å². The number of carbonyl (C=O) groups excluding carboxylic acids is 1. The molecule has 0 heterocycles. The molecule has 0 aromatic heterocycles. The summed E-state index contributed by atoms with van der Waals surface area (Å²) < 4.78 is 0. The van der Waals surface area contributed by atoms with Crippen LogP contribution in [0.1, 0.15) is 39.0 Å². The van der Waals surface area contributed by atoms with Crippen LogP contribution in [0.25, 0.3) is 0 Å². The molecule has 1 N–H and O–H groups in total. The molecule has 2 heteroatoms. The summed E-state index contributed by atoms with van der Waals surface area (Å²) in [4.78, 5) is 12.0. The van der Waals surface area contributed by atoms with Crippen LogP contribution in [0.3, 0.4) is 0 Å². The summed E-state index contributed by atoms with van der Waals surface area (Å²) in [5, 5.41) is 10.1. The Bertz CT molecular complexity index is 418. The Morgan fingerprint density at radius 1 is 1.44 bits per heavy atom. The molecule has 2 bridgehead atoms. The van der Waals surface area contributed by atoms with E-state index in [4.69, 9.17) is 0 Å². The molecular formula is C14H18O2. The number of Topliss-reactive ketones (excluding diaryl/α,β-unsaturated/α-hetero) is 1. The van der Waals surface area contributed by atoms with Crippen molar-refractivity contribution in [3.8, 4) is 0 Å². The van der Waals surface area contributed by atoms with E-state index in [1.54, 1.807) is 0 Å². The average Bonchev–Trinajstić information content (AvgIpc) is 2.58. The lowest BCUT2D eigenvalue weighted by Crippen LogP contribution is -2.41. The number of fused-ring (bicyclic) bond motifs is 1. The van der Waals surface area contributed by atoms with Gasteiger partial charge in [0.05, 0.1) is 0 Å². The second-order valence-corrected chi connectivity index (χ2v) is 5.70. The van der Waals surface area contributed by atoms with Gasteiger partial charge in [-0.05, 0) is 49.0 Å². The maximum Gasteiger partial charge on any atom is 0.204 e. The highest BCUT2D eigenvalue weighted by atomic mass is 16.3. The van der Waals surface area contributed by atoms with Crippen molar-refractivity contribution in [2.24, 2.45) is 17.3 Å². The van der Waals surface area contributed by atoms with E-state index >= 15 is 0 Å². The van der Waals surface area contributed by atoms with Crippen LogP contribution >= 0.6 is 0 Å².